The first-order valence-electron chi connectivity index (χ1n) is 9.04. The number of nitrogens with zero attached hydrogens (tertiary/aromatic N) is 1. The van der Waals surface area contributed by atoms with Crippen molar-refractivity contribution in [2.24, 2.45) is 0 Å². The van der Waals surface area contributed by atoms with E-state index in [1.54, 1.807) is 43.3 Å². The summed E-state index contributed by atoms with van der Waals surface area (Å²) in [6.45, 7) is 4.29. The standard InChI is InChI=1S/C21H22ClNO4/c1-3-4-5-11-23-18(16-10-9-13(2)27-16)17(20(25)21(23)26)19(24)14-7-6-8-15(22)12-14/h6-10,12,18,24H,3-5,11H2,1-2H3/b19-17-. The van der Waals surface area contributed by atoms with Crippen molar-refractivity contribution < 1.29 is 19.1 Å². The van der Waals surface area contributed by atoms with Crippen molar-refractivity contribution in [3.05, 3.63) is 64.1 Å². The lowest BCUT2D eigenvalue weighted by Crippen LogP contribution is -2.30. The Balaban J connectivity index is 2.10. The van der Waals surface area contributed by atoms with E-state index in [-0.39, 0.29) is 11.3 Å². The Kier molecular flexibility index (Phi) is 5.71. The summed E-state index contributed by atoms with van der Waals surface area (Å²) in [7, 11) is 0. The molecule has 6 heteroatoms. The number of carbonyl (C=O) groups excluding carboxylic acids is 2. The molecular formula is C21H22ClNO4. The monoisotopic (exact) mass is 387 g/mol. The Bertz CT molecular complexity index is 899. The minimum Gasteiger partial charge on any atom is -0.507 e. The van der Waals surface area contributed by atoms with Crippen molar-refractivity contribution in [1.29, 1.82) is 0 Å². The number of aliphatic hydroxyl groups excluding tert-OH is 1. The van der Waals surface area contributed by atoms with Gasteiger partial charge in [-0.2, -0.15) is 0 Å². The zero-order valence-corrected chi connectivity index (χ0v) is 16.1. The Morgan fingerprint density at radius 3 is 2.63 bits per heavy atom. The van der Waals surface area contributed by atoms with Crippen LogP contribution in [0.1, 0.15) is 49.3 Å². The number of unbranched alkanes of at least 4 members (excludes halogenated alkanes) is 2. The van der Waals surface area contributed by atoms with Crippen LogP contribution in [0.2, 0.25) is 5.02 Å². The molecule has 2 aromatic rings. The number of halogens is 1. The van der Waals surface area contributed by atoms with Gasteiger partial charge in [-0.25, -0.2) is 0 Å². The van der Waals surface area contributed by atoms with Crippen molar-refractivity contribution in [2.75, 3.05) is 6.54 Å². The van der Waals surface area contributed by atoms with Gasteiger partial charge in [0.25, 0.3) is 11.7 Å². The number of likely N-dealkylation sites (tertiary alicyclic amines) is 1. The van der Waals surface area contributed by atoms with Gasteiger partial charge in [0.05, 0.1) is 5.57 Å². The predicted molar refractivity (Wildman–Crippen MR) is 103 cm³/mol. The maximum atomic E-state index is 12.8. The second kappa shape index (κ2) is 8.01. The van der Waals surface area contributed by atoms with E-state index in [9.17, 15) is 14.7 Å². The number of furan rings is 1. The SMILES string of the molecule is CCCCCN1C(=O)C(=O)/C(=C(\O)c2cccc(Cl)c2)C1c1ccc(C)o1. The second-order valence-corrected chi connectivity index (χ2v) is 7.09. The van der Waals surface area contributed by atoms with Crippen molar-refractivity contribution in [1.82, 2.24) is 4.90 Å². The van der Waals surface area contributed by atoms with Gasteiger partial charge in [0.1, 0.15) is 23.3 Å². The molecule has 1 aromatic heterocycles. The molecule has 1 fully saturated rings. The molecule has 27 heavy (non-hydrogen) atoms. The molecule has 1 aromatic carbocycles. The van der Waals surface area contributed by atoms with E-state index in [0.717, 1.165) is 19.3 Å². The Hall–Kier alpha value is -2.53. The number of benzene rings is 1. The summed E-state index contributed by atoms with van der Waals surface area (Å²) in [5, 5.41) is 11.3. The summed E-state index contributed by atoms with van der Waals surface area (Å²) in [6.07, 6.45) is 2.72. The van der Waals surface area contributed by atoms with E-state index < -0.39 is 17.7 Å². The maximum Gasteiger partial charge on any atom is 0.295 e. The van der Waals surface area contributed by atoms with Crippen LogP contribution in [-0.2, 0) is 9.59 Å². The molecule has 1 aliphatic heterocycles. The zero-order valence-electron chi connectivity index (χ0n) is 15.4. The van der Waals surface area contributed by atoms with Crippen LogP contribution in [0.25, 0.3) is 5.76 Å². The van der Waals surface area contributed by atoms with E-state index in [1.807, 2.05) is 0 Å². The fourth-order valence-electron chi connectivity index (χ4n) is 3.33. The van der Waals surface area contributed by atoms with E-state index in [4.69, 9.17) is 16.0 Å². The third kappa shape index (κ3) is 3.78. The van der Waals surface area contributed by atoms with Crippen LogP contribution in [-0.4, -0.2) is 28.2 Å². The van der Waals surface area contributed by atoms with Gasteiger partial charge in [-0.3, -0.25) is 9.59 Å². The molecule has 1 N–H and O–H groups in total. The fourth-order valence-corrected chi connectivity index (χ4v) is 3.52. The van der Waals surface area contributed by atoms with Gasteiger partial charge in [0.15, 0.2) is 0 Å². The normalized spacial score (nSPS) is 19.1. The van der Waals surface area contributed by atoms with Gasteiger partial charge in [0.2, 0.25) is 0 Å². The third-order valence-electron chi connectivity index (χ3n) is 4.67. The fraction of sp³-hybridized carbons (Fsp3) is 0.333. The van der Waals surface area contributed by atoms with Gasteiger partial charge >= 0.3 is 0 Å². The number of aryl methyl sites for hydroxylation is 1. The first-order valence-corrected chi connectivity index (χ1v) is 9.42. The molecule has 5 nitrogen and oxygen atoms in total. The van der Waals surface area contributed by atoms with Gasteiger partial charge in [-0.05, 0) is 37.6 Å². The van der Waals surface area contributed by atoms with Crippen molar-refractivity contribution in [3.63, 3.8) is 0 Å². The molecule has 142 valence electrons. The molecule has 1 atom stereocenters. The van der Waals surface area contributed by atoms with Gasteiger partial charge in [0, 0.05) is 17.1 Å². The lowest BCUT2D eigenvalue weighted by molar-refractivity contribution is -0.140. The summed E-state index contributed by atoms with van der Waals surface area (Å²) in [5.74, 6) is -0.427. The van der Waals surface area contributed by atoms with E-state index in [1.165, 1.54) is 4.90 Å². The van der Waals surface area contributed by atoms with Crippen LogP contribution in [0.3, 0.4) is 0 Å². The first kappa shape index (κ1) is 19.2. The number of amides is 1. The molecule has 0 aliphatic carbocycles. The molecule has 0 radical (unpaired) electrons. The van der Waals surface area contributed by atoms with Gasteiger partial charge in [-0.1, -0.05) is 43.5 Å². The molecular weight excluding hydrogens is 366 g/mol. The second-order valence-electron chi connectivity index (χ2n) is 6.66. The molecule has 1 unspecified atom stereocenters. The van der Waals surface area contributed by atoms with Crippen molar-refractivity contribution >= 4 is 29.1 Å². The molecule has 3 rings (SSSR count). The summed E-state index contributed by atoms with van der Waals surface area (Å²) in [6, 6.07) is 9.34. The quantitative estimate of drug-likeness (QED) is 0.333. The summed E-state index contributed by atoms with van der Waals surface area (Å²) >= 11 is 6.02. The van der Waals surface area contributed by atoms with Crippen LogP contribution in [0.4, 0.5) is 0 Å². The summed E-state index contributed by atoms with van der Waals surface area (Å²) < 4.78 is 5.72. The smallest absolute Gasteiger partial charge is 0.295 e. The highest BCUT2D eigenvalue weighted by Gasteiger charge is 2.47. The number of hydrogen-bond donors (Lipinski definition) is 1. The average molecular weight is 388 g/mol. The van der Waals surface area contributed by atoms with Crippen LogP contribution in [0, 0.1) is 6.92 Å². The molecule has 1 saturated heterocycles. The molecule has 2 heterocycles. The van der Waals surface area contributed by atoms with Crippen LogP contribution >= 0.6 is 11.6 Å². The molecule has 0 bridgehead atoms. The zero-order chi connectivity index (χ0) is 19.6. The van der Waals surface area contributed by atoms with Crippen molar-refractivity contribution in [3.8, 4) is 0 Å². The topological polar surface area (TPSA) is 70.8 Å². The van der Waals surface area contributed by atoms with Crippen LogP contribution in [0.5, 0.6) is 0 Å². The van der Waals surface area contributed by atoms with Crippen LogP contribution < -0.4 is 0 Å². The lowest BCUT2D eigenvalue weighted by atomic mass is 9.99. The largest absolute Gasteiger partial charge is 0.507 e. The maximum absolute atomic E-state index is 12.8. The van der Waals surface area contributed by atoms with Crippen molar-refractivity contribution in [2.45, 2.75) is 39.2 Å². The number of Topliss-reactive ketones (excluding diaryl/α,β-unsaturated/α-hetero) is 1. The first-order chi connectivity index (χ1) is 12.9. The number of rotatable bonds is 6. The highest BCUT2D eigenvalue weighted by molar-refractivity contribution is 6.46. The molecule has 1 amide bonds. The summed E-state index contributed by atoms with van der Waals surface area (Å²) in [5.41, 5.74) is 0.426. The Morgan fingerprint density at radius 1 is 1.22 bits per heavy atom. The minimum absolute atomic E-state index is 0.0353. The minimum atomic E-state index is -0.741. The number of hydrogen-bond acceptors (Lipinski definition) is 4. The Morgan fingerprint density at radius 2 is 2.00 bits per heavy atom. The van der Waals surface area contributed by atoms with E-state index in [0.29, 0.717) is 28.7 Å². The van der Waals surface area contributed by atoms with Crippen LogP contribution in [0.15, 0.2) is 46.4 Å². The predicted octanol–water partition coefficient (Wildman–Crippen LogP) is 4.85. The number of ketones is 1. The van der Waals surface area contributed by atoms with E-state index in [2.05, 4.69) is 6.92 Å². The lowest BCUT2D eigenvalue weighted by Gasteiger charge is -2.23. The Labute approximate surface area is 163 Å². The van der Waals surface area contributed by atoms with Gasteiger partial charge < -0.3 is 14.4 Å². The third-order valence-corrected chi connectivity index (χ3v) is 4.91. The molecule has 1 aliphatic rings. The average Bonchev–Trinajstić information content (AvgIpc) is 3.17. The molecule has 0 spiro atoms. The van der Waals surface area contributed by atoms with Gasteiger partial charge in [-0.15, -0.1) is 0 Å². The molecule has 0 saturated carbocycles. The van der Waals surface area contributed by atoms with E-state index >= 15 is 0 Å². The highest BCUT2D eigenvalue weighted by atomic mass is 35.5. The highest BCUT2D eigenvalue weighted by Crippen LogP contribution is 2.40. The summed E-state index contributed by atoms with van der Waals surface area (Å²) in [4.78, 5) is 26.9. The number of carbonyl (C=O) groups is 2. The number of aliphatic hydroxyl groups is 1.